The van der Waals surface area contributed by atoms with Crippen LogP contribution in [-0.2, 0) is 6.54 Å². The van der Waals surface area contributed by atoms with Gasteiger partial charge in [0.25, 0.3) is 0 Å². The number of nitrogens with one attached hydrogen (secondary N) is 1. The van der Waals surface area contributed by atoms with Gasteiger partial charge in [-0.05, 0) is 47.0 Å². The molecule has 0 aromatic carbocycles. The SMILES string of the molecule is CCn1ncc(Br)c1C(NN)c1cnccc1C. The maximum Gasteiger partial charge on any atom is 0.0907 e. The highest BCUT2D eigenvalue weighted by molar-refractivity contribution is 9.10. The number of aromatic nitrogens is 3. The number of hydrazine groups is 1. The molecule has 2 rings (SSSR count). The number of nitrogens with two attached hydrogens (primary N) is 1. The summed E-state index contributed by atoms with van der Waals surface area (Å²) >= 11 is 3.52. The van der Waals surface area contributed by atoms with E-state index in [4.69, 9.17) is 5.84 Å². The summed E-state index contributed by atoms with van der Waals surface area (Å²) in [5.74, 6) is 5.72. The van der Waals surface area contributed by atoms with Gasteiger partial charge in [0, 0.05) is 18.9 Å². The fraction of sp³-hybridized carbons (Fsp3) is 0.333. The number of hydrogen-bond acceptors (Lipinski definition) is 4. The van der Waals surface area contributed by atoms with Crippen molar-refractivity contribution in [1.82, 2.24) is 20.2 Å². The molecule has 5 nitrogen and oxygen atoms in total. The summed E-state index contributed by atoms with van der Waals surface area (Å²) in [5.41, 5.74) is 6.05. The van der Waals surface area contributed by atoms with Crippen LogP contribution in [0, 0.1) is 6.92 Å². The molecule has 18 heavy (non-hydrogen) atoms. The average Bonchev–Trinajstić information content (AvgIpc) is 2.74. The summed E-state index contributed by atoms with van der Waals surface area (Å²) in [4.78, 5) is 4.17. The van der Waals surface area contributed by atoms with Gasteiger partial charge in [0.15, 0.2) is 0 Å². The number of nitrogens with zero attached hydrogens (tertiary/aromatic N) is 3. The van der Waals surface area contributed by atoms with Crippen molar-refractivity contribution in [2.75, 3.05) is 0 Å². The van der Waals surface area contributed by atoms with E-state index in [2.05, 4.69) is 31.4 Å². The molecule has 96 valence electrons. The van der Waals surface area contributed by atoms with E-state index in [0.29, 0.717) is 0 Å². The molecule has 0 saturated carbocycles. The Morgan fingerprint density at radius 1 is 1.50 bits per heavy atom. The van der Waals surface area contributed by atoms with Gasteiger partial charge in [-0.15, -0.1) is 0 Å². The molecule has 2 aromatic heterocycles. The fourth-order valence-electron chi connectivity index (χ4n) is 2.01. The molecule has 0 radical (unpaired) electrons. The van der Waals surface area contributed by atoms with Crippen molar-refractivity contribution in [3.8, 4) is 0 Å². The maximum absolute atomic E-state index is 5.72. The number of rotatable bonds is 4. The van der Waals surface area contributed by atoms with Crippen molar-refractivity contribution in [2.24, 2.45) is 5.84 Å². The fourth-order valence-corrected chi connectivity index (χ4v) is 2.53. The smallest absolute Gasteiger partial charge is 0.0907 e. The second kappa shape index (κ2) is 5.60. The molecule has 0 aliphatic heterocycles. The second-order valence-electron chi connectivity index (χ2n) is 4.03. The van der Waals surface area contributed by atoms with Gasteiger partial charge in [-0.1, -0.05) is 0 Å². The third-order valence-electron chi connectivity index (χ3n) is 2.96. The molecule has 0 fully saturated rings. The first-order chi connectivity index (χ1) is 8.69. The molecule has 2 heterocycles. The number of aryl methyl sites for hydroxylation is 2. The topological polar surface area (TPSA) is 68.8 Å². The molecule has 0 saturated heterocycles. The van der Waals surface area contributed by atoms with Gasteiger partial charge in [0.05, 0.1) is 22.4 Å². The number of halogens is 1. The van der Waals surface area contributed by atoms with Gasteiger partial charge in [0.2, 0.25) is 0 Å². The van der Waals surface area contributed by atoms with Crippen molar-refractivity contribution in [2.45, 2.75) is 26.4 Å². The maximum atomic E-state index is 5.72. The number of hydrogen-bond donors (Lipinski definition) is 2. The van der Waals surface area contributed by atoms with E-state index in [9.17, 15) is 0 Å². The Bertz CT molecular complexity index is 537. The number of pyridine rings is 1. The minimum Gasteiger partial charge on any atom is -0.271 e. The lowest BCUT2D eigenvalue weighted by Gasteiger charge is -2.19. The predicted octanol–water partition coefficient (Wildman–Crippen LogP) is 1.92. The van der Waals surface area contributed by atoms with Gasteiger partial charge in [-0.25, -0.2) is 5.43 Å². The molecular weight excluding hydrogens is 294 g/mol. The van der Waals surface area contributed by atoms with Gasteiger partial charge >= 0.3 is 0 Å². The third kappa shape index (κ3) is 2.31. The minimum absolute atomic E-state index is 0.129. The van der Waals surface area contributed by atoms with E-state index in [0.717, 1.165) is 27.8 Å². The molecule has 1 unspecified atom stereocenters. The lowest BCUT2D eigenvalue weighted by atomic mass is 10.0. The van der Waals surface area contributed by atoms with E-state index < -0.39 is 0 Å². The van der Waals surface area contributed by atoms with Gasteiger partial charge in [0.1, 0.15) is 0 Å². The van der Waals surface area contributed by atoms with E-state index in [1.807, 2.05) is 30.8 Å². The quantitative estimate of drug-likeness (QED) is 0.669. The highest BCUT2D eigenvalue weighted by Gasteiger charge is 2.21. The van der Waals surface area contributed by atoms with Crippen molar-refractivity contribution in [3.05, 3.63) is 46.0 Å². The van der Waals surface area contributed by atoms with E-state index >= 15 is 0 Å². The van der Waals surface area contributed by atoms with Gasteiger partial charge < -0.3 is 0 Å². The van der Waals surface area contributed by atoms with Crippen molar-refractivity contribution >= 4 is 15.9 Å². The standard InChI is InChI=1S/C12H16BrN5/c1-3-18-12(10(13)7-16-18)11(17-14)9-6-15-5-4-8(9)2/h4-7,11,17H,3,14H2,1-2H3. The van der Waals surface area contributed by atoms with Crippen molar-refractivity contribution in [3.63, 3.8) is 0 Å². The lowest BCUT2D eigenvalue weighted by molar-refractivity contribution is 0.539. The first-order valence-electron chi connectivity index (χ1n) is 5.76. The Labute approximate surface area is 115 Å². The summed E-state index contributed by atoms with van der Waals surface area (Å²) < 4.78 is 2.86. The summed E-state index contributed by atoms with van der Waals surface area (Å²) in [6.45, 7) is 4.88. The Balaban J connectivity index is 2.52. The van der Waals surface area contributed by atoms with Crippen LogP contribution in [0.1, 0.15) is 29.8 Å². The highest BCUT2D eigenvalue weighted by atomic mass is 79.9. The minimum atomic E-state index is -0.129. The Hall–Kier alpha value is -1.24. The molecule has 0 amide bonds. The van der Waals surface area contributed by atoms with Crippen LogP contribution in [0.3, 0.4) is 0 Å². The largest absolute Gasteiger partial charge is 0.271 e. The van der Waals surface area contributed by atoms with Crippen molar-refractivity contribution in [1.29, 1.82) is 0 Å². The van der Waals surface area contributed by atoms with E-state index in [1.165, 1.54) is 0 Å². The van der Waals surface area contributed by atoms with E-state index in [-0.39, 0.29) is 6.04 Å². The van der Waals surface area contributed by atoms with Crippen LogP contribution in [0.4, 0.5) is 0 Å². The van der Waals surface area contributed by atoms with Crippen LogP contribution in [0.2, 0.25) is 0 Å². The molecule has 2 aromatic rings. The van der Waals surface area contributed by atoms with Crippen LogP contribution >= 0.6 is 15.9 Å². The summed E-state index contributed by atoms with van der Waals surface area (Å²) in [5, 5.41) is 4.31. The molecule has 3 N–H and O–H groups in total. The molecule has 0 aliphatic carbocycles. The zero-order valence-electron chi connectivity index (χ0n) is 10.4. The van der Waals surface area contributed by atoms with Crippen LogP contribution in [0.15, 0.2) is 29.1 Å². The third-order valence-corrected chi connectivity index (χ3v) is 3.57. The summed E-state index contributed by atoms with van der Waals surface area (Å²) in [6.07, 6.45) is 5.40. The molecule has 6 heteroatoms. The molecule has 1 atom stereocenters. The molecular formula is C12H16BrN5. The lowest BCUT2D eigenvalue weighted by Crippen LogP contribution is -2.31. The second-order valence-corrected chi connectivity index (χ2v) is 4.88. The molecule has 0 aliphatic rings. The zero-order valence-corrected chi connectivity index (χ0v) is 12.0. The summed E-state index contributed by atoms with van der Waals surface area (Å²) in [6, 6.07) is 1.84. The monoisotopic (exact) mass is 309 g/mol. The molecule has 0 spiro atoms. The first kappa shape index (κ1) is 13.2. The van der Waals surface area contributed by atoms with Gasteiger partial charge in [-0.3, -0.25) is 15.5 Å². The first-order valence-corrected chi connectivity index (χ1v) is 6.56. The average molecular weight is 310 g/mol. The normalized spacial score (nSPS) is 12.7. The van der Waals surface area contributed by atoms with Crippen LogP contribution < -0.4 is 11.3 Å². The zero-order chi connectivity index (χ0) is 13.1. The summed E-state index contributed by atoms with van der Waals surface area (Å²) in [7, 11) is 0. The van der Waals surface area contributed by atoms with Gasteiger partial charge in [-0.2, -0.15) is 5.10 Å². The Kier molecular flexibility index (Phi) is 4.11. The van der Waals surface area contributed by atoms with Crippen LogP contribution in [-0.4, -0.2) is 14.8 Å². The predicted molar refractivity (Wildman–Crippen MR) is 73.7 cm³/mol. The Morgan fingerprint density at radius 3 is 2.89 bits per heavy atom. The van der Waals surface area contributed by atoms with Crippen LogP contribution in [0.25, 0.3) is 0 Å². The van der Waals surface area contributed by atoms with E-state index in [1.54, 1.807) is 12.4 Å². The van der Waals surface area contributed by atoms with Crippen molar-refractivity contribution < 1.29 is 0 Å². The van der Waals surface area contributed by atoms with Crippen LogP contribution in [0.5, 0.6) is 0 Å². The highest BCUT2D eigenvalue weighted by Crippen LogP contribution is 2.29. The Morgan fingerprint density at radius 2 is 2.28 bits per heavy atom. The molecule has 0 bridgehead atoms.